The van der Waals surface area contributed by atoms with Gasteiger partial charge in [-0.15, -0.1) is 5.10 Å². The van der Waals surface area contributed by atoms with E-state index in [-0.39, 0.29) is 6.61 Å². The first-order valence-electron chi connectivity index (χ1n) is 4.47. The molecule has 0 spiro atoms. The van der Waals surface area contributed by atoms with Gasteiger partial charge in [0.15, 0.2) is 0 Å². The first-order valence-corrected chi connectivity index (χ1v) is 4.47. The van der Waals surface area contributed by atoms with Gasteiger partial charge in [0.1, 0.15) is 0 Å². The molecule has 2 aromatic rings. The molecule has 1 aromatic carbocycles. The third-order valence-corrected chi connectivity index (χ3v) is 1.93. The first-order chi connectivity index (χ1) is 6.90. The van der Waals surface area contributed by atoms with E-state index in [4.69, 9.17) is 5.11 Å². The normalized spacial score (nSPS) is 10.4. The Balaban J connectivity index is 2.25. The molecular weight excluding hydrogens is 178 g/mol. The molecule has 0 aliphatic rings. The van der Waals surface area contributed by atoms with E-state index in [1.165, 1.54) is 0 Å². The molecule has 0 aliphatic heterocycles. The second-order valence-electron chi connectivity index (χ2n) is 2.96. The average Bonchev–Trinajstić information content (AvgIpc) is 2.68. The monoisotopic (exact) mass is 189 g/mol. The van der Waals surface area contributed by atoms with E-state index in [9.17, 15) is 0 Å². The summed E-state index contributed by atoms with van der Waals surface area (Å²) in [6.07, 6.45) is 2.37. The molecule has 0 saturated carbocycles. The maximum Gasteiger partial charge on any atom is 0.0854 e. The highest BCUT2D eigenvalue weighted by molar-refractivity contribution is 5.29. The molecule has 0 bridgehead atoms. The van der Waals surface area contributed by atoms with Crippen LogP contribution in [0.2, 0.25) is 0 Å². The minimum absolute atomic E-state index is 0.105. The van der Waals surface area contributed by atoms with E-state index in [0.29, 0.717) is 6.42 Å². The maximum absolute atomic E-state index is 8.72. The third kappa shape index (κ3) is 1.80. The van der Waals surface area contributed by atoms with Gasteiger partial charge in [-0.05, 0) is 12.1 Å². The summed E-state index contributed by atoms with van der Waals surface area (Å²) in [5, 5.41) is 16.6. The summed E-state index contributed by atoms with van der Waals surface area (Å²) in [6, 6.07) is 9.76. The van der Waals surface area contributed by atoms with Gasteiger partial charge in [-0.25, -0.2) is 4.68 Å². The van der Waals surface area contributed by atoms with E-state index < -0.39 is 0 Å². The van der Waals surface area contributed by atoms with Crippen LogP contribution in [0.15, 0.2) is 36.5 Å². The van der Waals surface area contributed by atoms with Crippen LogP contribution in [0.1, 0.15) is 5.69 Å². The fourth-order valence-electron chi connectivity index (χ4n) is 1.23. The number of hydrogen-bond donors (Lipinski definition) is 1. The molecule has 0 unspecified atom stereocenters. The number of rotatable bonds is 3. The molecule has 1 heterocycles. The lowest BCUT2D eigenvalue weighted by Crippen LogP contribution is -1.93. The predicted octanol–water partition coefficient (Wildman–Crippen LogP) is 0.802. The molecule has 0 fully saturated rings. The zero-order chi connectivity index (χ0) is 9.80. The van der Waals surface area contributed by atoms with E-state index in [1.54, 1.807) is 4.68 Å². The molecule has 2 rings (SSSR count). The molecule has 1 N–H and O–H groups in total. The summed E-state index contributed by atoms with van der Waals surface area (Å²) in [5.41, 5.74) is 1.78. The third-order valence-electron chi connectivity index (χ3n) is 1.93. The lowest BCUT2D eigenvalue weighted by Gasteiger charge is -1.96. The summed E-state index contributed by atoms with van der Waals surface area (Å²) < 4.78 is 1.70. The topological polar surface area (TPSA) is 50.9 Å². The number of aliphatic hydroxyl groups is 1. The summed E-state index contributed by atoms with van der Waals surface area (Å²) >= 11 is 0. The van der Waals surface area contributed by atoms with Gasteiger partial charge in [0.2, 0.25) is 0 Å². The van der Waals surface area contributed by atoms with Gasteiger partial charge in [-0.2, -0.15) is 0 Å². The highest BCUT2D eigenvalue weighted by Gasteiger charge is 2.00. The SMILES string of the molecule is OCCc1cn(-c2ccccc2)nn1. The zero-order valence-corrected chi connectivity index (χ0v) is 7.67. The fraction of sp³-hybridized carbons (Fsp3) is 0.200. The van der Waals surface area contributed by atoms with E-state index >= 15 is 0 Å². The molecule has 1 aromatic heterocycles. The van der Waals surface area contributed by atoms with Crippen molar-refractivity contribution in [3.63, 3.8) is 0 Å². The molecule has 0 amide bonds. The Hall–Kier alpha value is -1.68. The fourth-order valence-corrected chi connectivity index (χ4v) is 1.23. The van der Waals surface area contributed by atoms with Gasteiger partial charge < -0.3 is 5.11 Å². The van der Waals surface area contributed by atoms with Crippen molar-refractivity contribution in [2.45, 2.75) is 6.42 Å². The molecule has 4 heteroatoms. The van der Waals surface area contributed by atoms with Crippen LogP contribution in [-0.4, -0.2) is 26.7 Å². The number of aromatic nitrogens is 3. The molecule has 0 atom stereocenters. The molecule has 0 saturated heterocycles. The van der Waals surface area contributed by atoms with Crippen molar-refractivity contribution >= 4 is 0 Å². The van der Waals surface area contributed by atoms with Crippen molar-refractivity contribution in [2.75, 3.05) is 6.61 Å². The quantitative estimate of drug-likeness (QED) is 0.777. The van der Waals surface area contributed by atoms with Gasteiger partial charge >= 0.3 is 0 Å². The molecule has 4 nitrogen and oxygen atoms in total. The second kappa shape index (κ2) is 4.02. The standard InChI is InChI=1S/C10H11N3O/c14-7-6-9-8-13(12-11-9)10-4-2-1-3-5-10/h1-5,8,14H,6-7H2. The van der Waals surface area contributed by atoms with E-state index in [1.807, 2.05) is 36.5 Å². The Morgan fingerprint density at radius 1 is 1.21 bits per heavy atom. The minimum Gasteiger partial charge on any atom is -0.396 e. The van der Waals surface area contributed by atoms with Gasteiger partial charge in [0, 0.05) is 13.0 Å². The molecule has 0 radical (unpaired) electrons. The Kier molecular flexibility index (Phi) is 2.55. The Bertz CT molecular complexity index is 397. The van der Waals surface area contributed by atoms with Crippen LogP contribution in [-0.2, 0) is 6.42 Å². The molecular formula is C10H11N3O. The molecule has 72 valence electrons. The van der Waals surface area contributed by atoms with Crippen LogP contribution in [0.3, 0.4) is 0 Å². The van der Waals surface area contributed by atoms with Gasteiger partial charge in [0.25, 0.3) is 0 Å². The Morgan fingerprint density at radius 3 is 2.71 bits per heavy atom. The second-order valence-corrected chi connectivity index (χ2v) is 2.96. The number of para-hydroxylation sites is 1. The lowest BCUT2D eigenvalue weighted by atomic mass is 10.3. The first kappa shape index (κ1) is 8.90. The number of aliphatic hydroxyl groups excluding tert-OH is 1. The average molecular weight is 189 g/mol. The number of benzene rings is 1. The number of nitrogens with zero attached hydrogens (tertiary/aromatic N) is 3. The summed E-state index contributed by atoms with van der Waals surface area (Å²) in [4.78, 5) is 0. The zero-order valence-electron chi connectivity index (χ0n) is 7.67. The van der Waals surface area contributed by atoms with E-state index in [2.05, 4.69) is 10.3 Å². The predicted molar refractivity (Wildman–Crippen MR) is 52.1 cm³/mol. The van der Waals surface area contributed by atoms with E-state index in [0.717, 1.165) is 11.4 Å². The van der Waals surface area contributed by atoms with Crippen LogP contribution < -0.4 is 0 Å². The van der Waals surface area contributed by atoms with Crippen LogP contribution in [0.4, 0.5) is 0 Å². The summed E-state index contributed by atoms with van der Waals surface area (Å²) in [6.45, 7) is 0.105. The smallest absolute Gasteiger partial charge is 0.0854 e. The summed E-state index contributed by atoms with van der Waals surface area (Å²) in [5.74, 6) is 0. The highest BCUT2D eigenvalue weighted by atomic mass is 16.3. The van der Waals surface area contributed by atoms with Crippen molar-refractivity contribution < 1.29 is 5.11 Å². The number of hydrogen-bond acceptors (Lipinski definition) is 3. The Morgan fingerprint density at radius 2 is 2.00 bits per heavy atom. The van der Waals surface area contributed by atoms with Gasteiger partial charge in [-0.1, -0.05) is 23.4 Å². The van der Waals surface area contributed by atoms with Crippen molar-refractivity contribution in [3.8, 4) is 5.69 Å². The van der Waals surface area contributed by atoms with Crippen LogP contribution >= 0.6 is 0 Å². The van der Waals surface area contributed by atoms with Gasteiger partial charge in [0.05, 0.1) is 17.6 Å². The van der Waals surface area contributed by atoms with Crippen molar-refractivity contribution in [1.82, 2.24) is 15.0 Å². The van der Waals surface area contributed by atoms with Crippen molar-refractivity contribution in [1.29, 1.82) is 0 Å². The van der Waals surface area contributed by atoms with Crippen LogP contribution in [0.25, 0.3) is 5.69 Å². The lowest BCUT2D eigenvalue weighted by molar-refractivity contribution is 0.298. The van der Waals surface area contributed by atoms with Crippen LogP contribution in [0.5, 0.6) is 0 Å². The Labute approximate surface area is 81.8 Å². The van der Waals surface area contributed by atoms with Crippen molar-refractivity contribution in [2.24, 2.45) is 0 Å². The highest BCUT2D eigenvalue weighted by Crippen LogP contribution is 2.05. The molecule has 0 aliphatic carbocycles. The minimum atomic E-state index is 0.105. The van der Waals surface area contributed by atoms with Gasteiger partial charge in [-0.3, -0.25) is 0 Å². The van der Waals surface area contributed by atoms with Crippen LogP contribution in [0, 0.1) is 0 Å². The van der Waals surface area contributed by atoms with Crippen molar-refractivity contribution in [3.05, 3.63) is 42.2 Å². The largest absolute Gasteiger partial charge is 0.396 e. The molecule has 14 heavy (non-hydrogen) atoms. The maximum atomic E-state index is 8.72. The summed E-state index contributed by atoms with van der Waals surface area (Å²) in [7, 11) is 0.